The molecule has 6 heteroatoms. The van der Waals surface area contributed by atoms with Gasteiger partial charge < -0.3 is 13.9 Å². The number of benzene rings is 11. The van der Waals surface area contributed by atoms with Crippen LogP contribution in [0.1, 0.15) is 64.7 Å². The second kappa shape index (κ2) is 21.8. The monoisotopic (exact) mass is 1260 g/mol. The summed E-state index contributed by atoms with van der Waals surface area (Å²) >= 11 is 0. The van der Waals surface area contributed by atoms with Crippen molar-refractivity contribution in [2.75, 3.05) is 0 Å². The van der Waals surface area contributed by atoms with Gasteiger partial charge in [-0.05, 0) is 143 Å². The Kier molecular flexibility index (Phi) is 7.74. The van der Waals surface area contributed by atoms with E-state index in [0.29, 0.717) is 11.3 Å². The minimum Gasteiger partial charge on any atom is -0.510 e. The van der Waals surface area contributed by atoms with Crippen LogP contribution in [0.15, 0.2) is 272 Å². The SMILES string of the molecule is [2H]c1c([2H])c([2H])c(-c2cc(-c3c([2H])c([2H])c([2H])c([2H])c3[2H])c(-[n+]3[c-]n(-c4[c-]c(Oc5[c-]c6c(cc5)c5ccccc5n6-c5cc(C(C)(C)C)ccn5)ccc4)c4cc(-c5c([2H])c([2H])c([2H])c([2H])c5[2H])ccc43)c(-c3c([2H])c(-c4c([2H])c([2H])c([2H])c([2H])c4[2H])c([2H])c(-c4c([2H])c([2H])c([2H])c([2H])c4[2H])c3[2H])c2)c([2H])c1[2H].[Pt]. The molecule has 0 saturated carbocycles. The van der Waals surface area contributed by atoms with Crippen LogP contribution in [0.25, 0.3) is 117 Å². The normalized spacial score (nSPS) is 16.3. The van der Waals surface area contributed by atoms with Crippen LogP contribution in [0.2, 0.25) is 0 Å². The van der Waals surface area contributed by atoms with E-state index in [1.54, 1.807) is 24.4 Å². The van der Waals surface area contributed by atoms with Crippen molar-refractivity contribution in [1.29, 1.82) is 0 Å². The van der Waals surface area contributed by atoms with Crippen molar-refractivity contribution >= 4 is 32.8 Å². The minimum absolute atomic E-state index is 0. The fourth-order valence-corrected chi connectivity index (χ4v) is 9.71. The molecule has 14 rings (SSSR count). The molecule has 0 bridgehead atoms. The van der Waals surface area contributed by atoms with E-state index in [-0.39, 0.29) is 65.8 Å². The average molecular weight is 1260 g/mol. The van der Waals surface area contributed by atoms with E-state index in [2.05, 4.69) is 39.2 Å². The molecule has 0 aliphatic heterocycles. The molecule has 11 aromatic carbocycles. The Morgan fingerprint density at radius 3 is 1.67 bits per heavy atom. The van der Waals surface area contributed by atoms with Gasteiger partial charge in [0, 0.05) is 44.3 Å². The molecule has 0 fully saturated rings. The topological polar surface area (TPSA) is 35.9 Å². The number of rotatable bonds is 11. The number of para-hydroxylation sites is 1. The molecule has 3 aromatic heterocycles. The average Bonchev–Trinajstić information content (AvgIpc) is 1.00. The molecule has 0 amide bonds. The van der Waals surface area contributed by atoms with Gasteiger partial charge in [0.15, 0.2) is 0 Å². The Balaban J connectivity index is 0.0000106. The Morgan fingerprint density at radius 1 is 0.476 bits per heavy atom. The third-order valence-electron chi connectivity index (χ3n) is 13.5. The first-order chi connectivity index (χ1) is 51.4. The number of hydrogen-bond donors (Lipinski definition) is 0. The predicted octanol–water partition coefficient (Wildman–Crippen LogP) is 18.9. The Hall–Kier alpha value is -9.67. The van der Waals surface area contributed by atoms with Crippen molar-refractivity contribution in [1.82, 2.24) is 14.1 Å². The van der Waals surface area contributed by atoms with Crippen LogP contribution in [0.5, 0.6) is 11.5 Å². The van der Waals surface area contributed by atoms with Gasteiger partial charge in [0.1, 0.15) is 5.82 Å². The number of fused-ring (bicyclic) bond motifs is 4. The number of pyridine rings is 1. The van der Waals surface area contributed by atoms with Gasteiger partial charge in [0.2, 0.25) is 0 Å². The van der Waals surface area contributed by atoms with Gasteiger partial charge in [0.25, 0.3) is 6.33 Å². The van der Waals surface area contributed by atoms with Crippen LogP contribution >= 0.6 is 0 Å². The van der Waals surface area contributed by atoms with Crippen LogP contribution in [-0.4, -0.2) is 14.1 Å². The van der Waals surface area contributed by atoms with Gasteiger partial charge in [-0.25, -0.2) is 4.98 Å². The van der Waals surface area contributed by atoms with E-state index in [1.165, 1.54) is 33.4 Å². The van der Waals surface area contributed by atoms with Crippen molar-refractivity contribution in [2.24, 2.45) is 0 Å². The Labute approximate surface area is 532 Å². The number of imidazole rings is 1. The summed E-state index contributed by atoms with van der Waals surface area (Å²) in [6.07, 6.45) is 4.99. The summed E-state index contributed by atoms with van der Waals surface area (Å²) in [7, 11) is 0. The third-order valence-corrected chi connectivity index (χ3v) is 13.5. The van der Waals surface area contributed by atoms with Gasteiger partial charge >= 0.3 is 0 Å². The van der Waals surface area contributed by atoms with Crippen molar-refractivity contribution in [3.05, 3.63) is 296 Å². The fourth-order valence-electron chi connectivity index (χ4n) is 9.71. The third kappa shape index (κ3) is 9.84. The molecular formula is C76H54N4OPt-2. The molecule has 0 unspecified atom stereocenters. The first-order valence-electron chi connectivity index (χ1n) is 39.2. The van der Waals surface area contributed by atoms with Crippen LogP contribution in [0.3, 0.4) is 0 Å². The van der Waals surface area contributed by atoms with Crippen LogP contribution in [0, 0.1) is 18.5 Å². The molecule has 5 nitrogen and oxygen atoms in total. The van der Waals surface area contributed by atoms with Gasteiger partial charge in [-0.15, -0.1) is 29.7 Å². The van der Waals surface area contributed by atoms with E-state index in [0.717, 1.165) is 34.0 Å². The summed E-state index contributed by atoms with van der Waals surface area (Å²) in [5.41, 5.74) is -6.10. The van der Waals surface area contributed by atoms with E-state index < -0.39 is 231 Å². The minimum atomic E-state index is -1.08. The number of aromatic nitrogens is 4. The maximum atomic E-state index is 10.5. The summed E-state index contributed by atoms with van der Waals surface area (Å²) in [6.45, 7) is 6.26. The van der Waals surface area contributed by atoms with Crippen LogP contribution < -0.4 is 9.30 Å². The fraction of sp³-hybridized carbons (Fsp3) is 0.0526. The molecule has 0 aliphatic rings. The van der Waals surface area contributed by atoms with Gasteiger partial charge in [-0.1, -0.05) is 208 Å². The van der Waals surface area contributed by atoms with Crippen molar-refractivity contribution < 1.29 is 68.8 Å². The van der Waals surface area contributed by atoms with E-state index >= 15 is 0 Å². The molecule has 0 radical (unpaired) electrons. The molecule has 0 aliphatic carbocycles. The van der Waals surface area contributed by atoms with Crippen LogP contribution in [0.4, 0.5) is 0 Å². The molecule has 0 N–H and O–H groups in total. The van der Waals surface area contributed by atoms with Crippen molar-refractivity contribution in [3.8, 4) is 95.5 Å². The predicted molar refractivity (Wildman–Crippen MR) is 331 cm³/mol. The van der Waals surface area contributed by atoms with Gasteiger partial charge in [-0.3, -0.25) is 4.57 Å². The smallest absolute Gasteiger partial charge is 0.268 e. The maximum Gasteiger partial charge on any atom is 0.268 e. The standard InChI is InChI=1S/C76H54N4O.Pt/c1-76(2,3)62-40-41-77-74(48-62)80-70-35-20-19-34-66(70)67-38-37-65(50-72(67)80)81-64-33-21-32-63(49-64)78-51-79(71-39-36-57(47-73(71)78)52-22-9-4-10-23-52)75-68(56-30-17-8-18-31-56)45-60(55-28-15-7-16-29-55)46-69(75)61-43-58(53-24-11-5-12-25-53)42-59(44-61)54-26-13-6-14-27-54;/h4-48H,1-3H3;/q-2;/i4D,5D,6D,7D,8D,9D,10D,11D,12D,13D,14D,15D,16D,17D,18D,22D,23D,24D,25D,26D,27D,28D,29D,30D,31D,42D,43D,44D;. The van der Waals surface area contributed by atoms with E-state index in [1.807, 2.05) is 47.0 Å². The zero-order chi connectivity index (χ0) is 78.8. The maximum absolute atomic E-state index is 10.5. The van der Waals surface area contributed by atoms with Gasteiger partial charge in [0.05, 0.1) is 55.1 Å². The summed E-state index contributed by atoms with van der Waals surface area (Å²) in [6, 6.07) is 7.29. The van der Waals surface area contributed by atoms with Crippen molar-refractivity contribution in [3.63, 3.8) is 0 Å². The zero-order valence-corrected chi connectivity index (χ0v) is 45.6. The summed E-state index contributed by atoms with van der Waals surface area (Å²) in [5, 5.41) is 1.70. The molecular weight excluding hydrogens is 1180 g/mol. The molecule has 3 heterocycles. The largest absolute Gasteiger partial charge is 0.510 e. The Bertz CT molecular complexity index is 6150. The Morgan fingerprint density at radius 2 is 1.04 bits per heavy atom. The molecule has 14 aromatic rings. The van der Waals surface area contributed by atoms with E-state index in [4.69, 9.17) is 33.0 Å². The van der Waals surface area contributed by atoms with Crippen LogP contribution in [-0.2, 0) is 26.5 Å². The second-order valence-corrected chi connectivity index (χ2v) is 19.5. The summed E-state index contributed by atoms with van der Waals surface area (Å²) in [5.74, 6) is 0.818. The molecule has 0 spiro atoms. The molecule has 0 atom stereocenters. The number of ether oxygens (including phenoxy) is 1. The molecule has 396 valence electrons. The second-order valence-electron chi connectivity index (χ2n) is 19.5. The van der Waals surface area contributed by atoms with E-state index in [9.17, 15) is 15.1 Å². The first-order valence-corrected chi connectivity index (χ1v) is 25.2. The first kappa shape index (κ1) is 29.2. The molecule has 82 heavy (non-hydrogen) atoms. The number of nitrogens with zero attached hydrogens (tertiary/aromatic N) is 4. The van der Waals surface area contributed by atoms with Crippen molar-refractivity contribution in [2.45, 2.75) is 26.2 Å². The van der Waals surface area contributed by atoms with Gasteiger partial charge in [-0.2, -0.15) is 18.2 Å². The number of hydrogen-bond acceptors (Lipinski definition) is 2. The molecule has 0 saturated heterocycles. The zero-order valence-electron chi connectivity index (χ0n) is 71.3. The summed E-state index contributed by atoms with van der Waals surface area (Å²) < 4.78 is 268. The quantitative estimate of drug-likeness (QED) is 0.0956. The summed E-state index contributed by atoms with van der Waals surface area (Å²) in [4.78, 5) is 4.80.